The number of rotatable bonds is 3. The lowest BCUT2D eigenvalue weighted by molar-refractivity contribution is 0.663. The number of benzene rings is 2. The number of fused-ring (bicyclic) bond motifs is 1. The fraction of sp³-hybridized carbons (Fsp3) is 0.0952. The Hall–Kier alpha value is -3.07. The zero-order valence-electron chi connectivity index (χ0n) is 13.5. The van der Waals surface area contributed by atoms with E-state index in [0.29, 0.717) is 0 Å². The van der Waals surface area contributed by atoms with Crippen LogP contribution in [0.15, 0.2) is 89.9 Å². The molecule has 2 aromatic heterocycles. The molecule has 0 amide bonds. The number of hydrogen-bond donors (Lipinski definition) is 0. The van der Waals surface area contributed by atoms with Crippen LogP contribution in [0.1, 0.15) is 18.5 Å². The van der Waals surface area contributed by atoms with Gasteiger partial charge in [0.15, 0.2) is 0 Å². The van der Waals surface area contributed by atoms with Crippen molar-refractivity contribution >= 4 is 11.0 Å². The summed E-state index contributed by atoms with van der Waals surface area (Å²) in [4.78, 5) is 12.4. The second kappa shape index (κ2) is 5.85. The number of pyridine rings is 1. The van der Waals surface area contributed by atoms with E-state index in [4.69, 9.17) is 0 Å². The maximum Gasteiger partial charge on any atom is 0.255 e. The van der Waals surface area contributed by atoms with E-state index in [1.165, 1.54) is 5.56 Å². The molecule has 4 aromatic rings. The van der Waals surface area contributed by atoms with Gasteiger partial charge in [0.2, 0.25) is 0 Å². The third-order valence-electron chi connectivity index (χ3n) is 4.49. The second-order valence-electron chi connectivity index (χ2n) is 5.92. The van der Waals surface area contributed by atoms with Crippen LogP contribution < -0.4 is 5.56 Å². The van der Waals surface area contributed by atoms with E-state index in [0.717, 1.165) is 16.7 Å². The topological polar surface area (TPSA) is 26.9 Å². The van der Waals surface area contributed by atoms with E-state index in [1.54, 1.807) is 10.6 Å². The summed E-state index contributed by atoms with van der Waals surface area (Å²) < 4.78 is 3.98. The molecule has 0 saturated heterocycles. The zero-order chi connectivity index (χ0) is 16.5. The maximum atomic E-state index is 12.4. The largest absolute Gasteiger partial charge is 0.339 e. The molecule has 2 heterocycles. The predicted octanol–water partition coefficient (Wildman–Crippen LogP) is 4.40. The van der Waals surface area contributed by atoms with Crippen LogP contribution in [0.5, 0.6) is 0 Å². The van der Waals surface area contributed by atoms with Gasteiger partial charge in [0, 0.05) is 18.0 Å². The standard InChI is InChI=1S/C21H18N2O/c1-16(17-8-4-2-5-9-17)22-15-14-20-19(22)12-13-21(24)23(20)18-10-6-3-7-11-18/h2-16H,1H3/t16-/m1/s1. The van der Waals surface area contributed by atoms with Crippen molar-refractivity contribution < 1.29 is 0 Å². The number of hydrogen-bond acceptors (Lipinski definition) is 1. The summed E-state index contributed by atoms with van der Waals surface area (Å²) in [6.45, 7) is 2.17. The Labute approximate surface area is 140 Å². The van der Waals surface area contributed by atoms with Crippen molar-refractivity contribution in [3.05, 3.63) is 101 Å². The molecule has 24 heavy (non-hydrogen) atoms. The van der Waals surface area contributed by atoms with Crippen LogP contribution >= 0.6 is 0 Å². The van der Waals surface area contributed by atoms with Gasteiger partial charge in [-0.15, -0.1) is 0 Å². The van der Waals surface area contributed by atoms with E-state index in [9.17, 15) is 4.79 Å². The van der Waals surface area contributed by atoms with Crippen LogP contribution in [0.3, 0.4) is 0 Å². The summed E-state index contributed by atoms with van der Waals surface area (Å²) >= 11 is 0. The van der Waals surface area contributed by atoms with Crippen molar-refractivity contribution in [3.63, 3.8) is 0 Å². The maximum absolute atomic E-state index is 12.4. The Morgan fingerprint density at radius 2 is 1.42 bits per heavy atom. The molecule has 3 nitrogen and oxygen atoms in total. The van der Waals surface area contributed by atoms with Crippen LogP contribution in [-0.2, 0) is 0 Å². The molecule has 0 saturated carbocycles. The third-order valence-corrected chi connectivity index (χ3v) is 4.49. The molecule has 118 valence electrons. The molecule has 0 aliphatic carbocycles. The van der Waals surface area contributed by atoms with Gasteiger partial charge in [0.1, 0.15) is 0 Å². The fourth-order valence-electron chi connectivity index (χ4n) is 3.23. The van der Waals surface area contributed by atoms with E-state index in [2.05, 4.69) is 42.0 Å². The predicted molar refractivity (Wildman–Crippen MR) is 97.8 cm³/mol. The summed E-state index contributed by atoms with van der Waals surface area (Å²) in [6.07, 6.45) is 2.06. The second-order valence-corrected chi connectivity index (χ2v) is 5.92. The van der Waals surface area contributed by atoms with Gasteiger partial charge in [0.05, 0.1) is 17.1 Å². The van der Waals surface area contributed by atoms with E-state index < -0.39 is 0 Å². The van der Waals surface area contributed by atoms with Crippen LogP contribution in [0.4, 0.5) is 0 Å². The molecule has 0 unspecified atom stereocenters. The van der Waals surface area contributed by atoms with Gasteiger partial charge >= 0.3 is 0 Å². The van der Waals surface area contributed by atoms with Gasteiger partial charge in [-0.1, -0.05) is 48.5 Å². The lowest BCUT2D eigenvalue weighted by Gasteiger charge is -2.16. The lowest BCUT2D eigenvalue weighted by atomic mass is 10.1. The van der Waals surface area contributed by atoms with E-state index in [1.807, 2.05) is 48.5 Å². The number of aromatic nitrogens is 2. The summed E-state index contributed by atoms with van der Waals surface area (Å²) in [5, 5.41) is 0. The Balaban J connectivity index is 1.91. The molecule has 0 aliphatic heterocycles. The quantitative estimate of drug-likeness (QED) is 0.550. The summed E-state index contributed by atoms with van der Waals surface area (Å²) in [6, 6.07) is 25.9. The highest BCUT2D eigenvalue weighted by molar-refractivity contribution is 5.78. The molecule has 4 rings (SSSR count). The Kier molecular flexibility index (Phi) is 3.54. The van der Waals surface area contributed by atoms with E-state index in [-0.39, 0.29) is 11.6 Å². The van der Waals surface area contributed by atoms with Crippen molar-refractivity contribution in [2.45, 2.75) is 13.0 Å². The molecule has 3 heteroatoms. The Morgan fingerprint density at radius 1 is 0.750 bits per heavy atom. The highest BCUT2D eigenvalue weighted by Gasteiger charge is 2.13. The molecule has 1 atom stereocenters. The molecular formula is C21H18N2O. The highest BCUT2D eigenvalue weighted by atomic mass is 16.1. The van der Waals surface area contributed by atoms with Crippen LogP contribution in [-0.4, -0.2) is 9.13 Å². The molecule has 0 aliphatic rings. The highest BCUT2D eigenvalue weighted by Crippen LogP contribution is 2.25. The molecule has 0 spiro atoms. The lowest BCUT2D eigenvalue weighted by Crippen LogP contribution is -2.17. The minimum absolute atomic E-state index is 0.0150. The number of nitrogens with zero attached hydrogens (tertiary/aromatic N) is 2. The molecular weight excluding hydrogens is 296 g/mol. The van der Waals surface area contributed by atoms with Crippen molar-refractivity contribution in [2.24, 2.45) is 0 Å². The first-order chi connectivity index (χ1) is 11.8. The summed E-state index contributed by atoms with van der Waals surface area (Å²) in [5.74, 6) is 0. The average molecular weight is 314 g/mol. The Morgan fingerprint density at radius 3 is 2.12 bits per heavy atom. The first-order valence-electron chi connectivity index (χ1n) is 8.09. The fourth-order valence-corrected chi connectivity index (χ4v) is 3.23. The van der Waals surface area contributed by atoms with Crippen LogP contribution in [0, 0.1) is 0 Å². The van der Waals surface area contributed by atoms with Crippen molar-refractivity contribution in [1.29, 1.82) is 0 Å². The van der Waals surface area contributed by atoms with Crippen molar-refractivity contribution in [2.75, 3.05) is 0 Å². The van der Waals surface area contributed by atoms with Gasteiger partial charge in [0.25, 0.3) is 5.56 Å². The SMILES string of the molecule is C[C@H](c1ccccc1)n1ccc2c1ccc(=O)n2-c1ccccc1. The smallest absolute Gasteiger partial charge is 0.255 e. The van der Waals surface area contributed by atoms with Gasteiger partial charge in [-0.05, 0) is 36.8 Å². The number of para-hydroxylation sites is 1. The van der Waals surface area contributed by atoms with Crippen LogP contribution in [0.2, 0.25) is 0 Å². The first kappa shape index (κ1) is 14.5. The first-order valence-corrected chi connectivity index (χ1v) is 8.09. The molecule has 0 fully saturated rings. The van der Waals surface area contributed by atoms with Gasteiger partial charge in [-0.2, -0.15) is 0 Å². The van der Waals surface area contributed by atoms with E-state index >= 15 is 0 Å². The van der Waals surface area contributed by atoms with Gasteiger partial charge in [-0.25, -0.2) is 0 Å². The Bertz CT molecular complexity index is 1030. The monoisotopic (exact) mass is 314 g/mol. The minimum atomic E-state index is -0.0150. The van der Waals surface area contributed by atoms with Crippen molar-refractivity contribution in [3.8, 4) is 5.69 Å². The zero-order valence-corrected chi connectivity index (χ0v) is 13.5. The average Bonchev–Trinajstić information content (AvgIpc) is 3.06. The minimum Gasteiger partial charge on any atom is -0.339 e. The summed E-state index contributed by atoms with van der Waals surface area (Å²) in [5.41, 5.74) is 4.09. The van der Waals surface area contributed by atoms with Gasteiger partial charge in [-0.3, -0.25) is 9.36 Å². The third kappa shape index (κ3) is 2.35. The molecule has 2 aromatic carbocycles. The molecule has 0 bridgehead atoms. The molecule has 0 radical (unpaired) electrons. The van der Waals surface area contributed by atoms with Crippen LogP contribution in [0.25, 0.3) is 16.7 Å². The summed E-state index contributed by atoms with van der Waals surface area (Å²) in [7, 11) is 0. The normalized spacial score (nSPS) is 12.4. The van der Waals surface area contributed by atoms with Crippen molar-refractivity contribution in [1.82, 2.24) is 9.13 Å². The van der Waals surface area contributed by atoms with Gasteiger partial charge < -0.3 is 4.57 Å². The molecule has 0 N–H and O–H groups in total.